The van der Waals surface area contributed by atoms with Crippen molar-refractivity contribution >= 4 is 49.9 Å². The van der Waals surface area contributed by atoms with Crippen LogP contribution in [0.2, 0.25) is 0 Å². The average molecular weight is 411 g/mol. The number of aryl methyl sites for hydroxylation is 1. The van der Waals surface area contributed by atoms with Gasteiger partial charge in [-0.1, -0.05) is 84.9 Å². The number of hydrazone groups is 1. The maximum atomic E-state index is 4.97. The van der Waals surface area contributed by atoms with Crippen LogP contribution < -0.4 is 5.01 Å². The largest absolute Gasteiger partial charge is 0.234 e. The molecule has 0 unspecified atom stereocenters. The van der Waals surface area contributed by atoms with Crippen LogP contribution in [-0.4, -0.2) is 6.21 Å². The van der Waals surface area contributed by atoms with Crippen LogP contribution in [0, 0.1) is 6.92 Å². The van der Waals surface area contributed by atoms with Crippen molar-refractivity contribution in [3.63, 3.8) is 0 Å². The summed E-state index contributed by atoms with van der Waals surface area (Å²) in [6, 6.07) is 38.5. The summed E-state index contributed by atoms with van der Waals surface area (Å²) in [7, 11) is 0. The maximum Gasteiger partial charge on any atom is 0.0655 e. The number of nitrogens with zero attached hydrogens (tertiary/aromatic N) is 2. The van der Waals surface area contributed by atoms with Gasteiger partial charge in [-0.3, -0.25) is 0 Å². The van der Waals surface area contributed by atoms with Crippen molar-refractivity contribution in [3.05, 3.63) is 120 Å². The van der Waals surface area contributed by atoms with Crippen molar-refractivity contribution < 1.29 is 0 Å². The van der Waals surface area contributed by atoms with E-state index in [2.05, 4.69) is 97.9 Å². The summed E-state index contributed by atoms with van der Waals surface area (Å²) in [5.41, 5.74) is 4.41. The number of para-hydroxylation sites is 1. The molecule has 6 rings (SSSR count). The summed E-state index contributed by atoms with van der Waals surface area (Å²) < 4.78 is 0. The Hall–Kier alpha value is -4.17. The molecule has 0 spiro atoms. The Morgan fingerprint density at radius 1 is 0.594 bits per heavy atom. The number of benzene rings is 6. The lowest BCUT2D eigenvalue weighted by atomic mass is 9.92. The minimum Gasteiger partial charge on any atom is -0.234 e. The Morgan fingerprint density at radius 3 is 2.03 bits per heavy atom. The summed E-state index contributed by atoms with van der Waals surface area (Å²) >= 11 is 0. The topological polar surface area (TPSA) is 15.6 Å². The lowest BCUT2D eigenvalue weighted by molar-refractivity contribution is 1.09. The van der Waals surface area contributed by atoms with Crippen molar-refractivity contribution in [2.75, 3.05) is 5.01 Å². The van der Waals surface area contributed by atoms with Crippen LogP contribution in [0.15, 0.2) is 114 Å². The molecule has 0 atom stereocenters. The molecule has 0 radical (unpaired) electrons. The third-order valence-electron chi connectivity index (χ3n) is 6.12. The molecule has 0 N–H and O–H groups in total. The van der Waals surface area contributed by atoms with Crippen LogP contribution in [0.25, 0.3) is 32.3 Å². The highest BCUT2D eigenvalue weighted by Crippen LogP contribution is 2.35. The minimum absolute atomic E-state index is 1.03. The number of rotatable bonds is 4. The molecule has 0 aliphatic carbocycles. The van der Waals surface area contributed by atoms with Gasteiger partial charge in [-0.2, -0.15) is 5.10 Å². The van der Waals surface area contributed by atoms with Gasteiger partial charge in [0.1, 0.15) is 0 Å². The molecule has 0 saturated carbocycles. The molecule has 0 bridgehead atoms. The molecule has 6 aromatic rings. The Bertz CT molecular complexity index is 1570. The first-order chi connectivity index (χ1) is 15.8. The lowest BCUT2D eigenvalue weighted by Gasteiger charge is -2.20. The molecule has 2 nitrogen and oxygen atoms in total. The van der Waals surface area contributed by atoms with E-state index in [9.17, 15) is 0 Å². The molecule has 6 aromatic carbocycles. The predicted octanol–water partition coefficient (Wildman–Crippen LogP) is 8.06. The fourth-order valence-corrected chi connectivity index (χ4v) is 4.60. The Balaban J connectivity index is 1.53. The van der Waals surface area contributed by atoms with E-state index in [1.807, 2.05) is 29.4 Å². The third kappa shape index (κ3) is 3.09. The normalized spacial score (nSPS) is 11.8. The average Bonchev–Trinajstić information content (AvgIpc) is 2.84. The van der Waals surface area contributed by atoms with E-state index >= 15 is 0 Å². The Labute approximate surface area is 187 Å². The summed E-state index contributed by atoms with van der Waals surface area (Å²) in [4.78, 5) is 0. The fourth-order valence-electron chi connectivity index (χ4n) is 4.60. The highest BCUT2D eigenvalue weighted by atomic mass is 15.5. The van der Waals surface area contributed by atoms with E-state index in [1.165, 1.54) is 37.9 Å². The zero-order valence-electron chi connectivity index (χ0n) is 17.9. The zero-order valence-corrected chi connectivity index (χ0v) is 17.9. The Morgan fingerprint density at radius 2 is 1.25 bits per heavy atom. The van der Waals surface area contributed by atoms with Crippen molar-refractivity contribution in [2.45, 2.75) is 6.92 Å². The van der Waals surface area contributed by atoms with Crippen molar-refractivity contribution in [1.82, 2.24) is 0 Å². The van der Waals surface area contributed by atoms with Crippen molar-refractivity contribution in [1.29, 1.82) is 0 Å². The van der Waals surface area contributed by atoms with E-state index in [4.69, 9.17) is 5.10 Å². The van der Waals surface area contributed by atoms with Gasteiger partial charge in [-0.25, -0.2) is 5.01 Å². The second-order valence-corrected chi connectivity index (χ2v) is 8.24. The summed E-state index contributed by atoms with van der Waals surface area (Å²) in [5, 5.41) is 14.7. The number of anilines is 2. The molecule has 32 heavy (non-hydrogen) atoms. The van der Waals surface area contributed by atoms with Gasteiger partial charge in [0, 0.05) is 5.56 Å². The molecular weight excluding hydrogens is 388 g/mol. The van der Waals surface area contributed by atoms with E-state index in [1.54, 1.807) is 0 Å². The van der Waals surface area contributed by atoms with Gasteiger partial charge >= 0.3 is 0 Å². The number of hydrogen-bond donors (Lipinski definition) is 0. The molecule has 0 saturated heterocycles. The SMILES string of the molecule is Cc1cccc(N(N=Cc2ccc3ccc4cccc5ccc2c3c45)c2ccccc2)c1. The lowest BCUT2D eigenvalue weighted by Crippen LogP contribution is -2.09. The van der Waals surface area contributed by atoms with Crippen molar-refractivity contribution in [2.24, 2.45) is 5.10 Å². The van der Waals surface area contributed by atoms with E-state index < -0.39 is 0 Å². The first-order valence-corrected chi connectivity index (χ1v) is 10.9. The fraction of sp³-hybridized carbons (Fsp3) is 0.0333. The van der Waals surface area contributed by atoms with Crippen LogP contribution >= 0.6 is 0 Å². The van der Waals surface area contributed by atoms with Gasteiger partial charge in [0.05, 0.1) is 17.6 Å². The molecule has 2 heteroatoms. The monoisotopic (exact) mass is 410 g/mol. The maximum absolute atomic E-state index is 4.97. The van der Waals surface area contributed by atoms with E-state index in [0.29, 0.717) is 0 Å². The molecule has 0 amide bonds. The first-order valence-electron chi connectivity index (χ1n) is 10.9. The molecule has 0 fully saturated rings. The zero-order chi connectivity index (χ0) is 21.5. The van der Waals surface area contributed by atoms with Gasteiger partial charge < -0.3 is 0 Å². The summed E-state index contributed by atoms with van der Waals surface area (Å²) in [6.45, 7) is 2.11. The van der Waals surface area contributed by atoms with E-state index in [0.717, 1.165) is 16.9 Å². The molecule has 152 valence electrons. The highest BCUT2D eigenvalue weighted by Gasteiger charge is 2.11. The minimum atomic E-state index is 1.03. The van der Waals surface area contributed by atoms with Crippen molar-refractivity contribution in [3.8, 4) is 0 Å². The van der Waals surface area contributed by atoms with Gasteiger partial charge in [-0.05, 0) is 69.1 Å². The predicted molar refractivity (Wildman–Crippen MR) is 137 cm³/mol. The van der Waals surface area contributed by atoms with E-state index in [-0.39, 0.29) is 0 Å². The second-order valence-electron chi connectivity index (χ2n) is 8.24. The molecule has 0 aliphatic heterocycles. The Kier molecular flexibility index (Phi) is 4.36. The van der Waals surface area contributed by atoms with Crippen LogP contribution in [0.3, 0.4) is 0 Å². The molecule has 0 aromatic heterocycles. The van der Waals surface area contributed by atoms with Crippen LogP contribution in [0.4, 0.5) is 11.4 Å². The van der Waals surface area contributed by atoms with Crippen LogP contribution in [0.5, 0.6) is 0 Å². The van der Waals surface area contributed by atoms with Gasteiger partial charge in [-0.15, -0.1) is 0 Å². The molecule has 0 heterocycles. The second kappa shape index (κ2) is 7.51. The smallest absolute Gasteiger partial charge is 0.0655 e. The van der Waals surface area contributed by atoms with Crippen LogP contribution in [-0.2, 0) is 0 Å². The van der Waals surface area contributed by atoms with Gasteiger partial charge in [0.15, 0.2) is 0 Å². The quantitative estimate of drug-likeness (QED) is 0.163. The third-order valence-corrected chi connectivity index (χ3v) is 6.12. The van der Waals surface area contributed by atoms with Gasteiger partial charge in [0.2, 0.25) is 0 Å². The standard InChI is InChI=1S/C30H22N2/c1-21-7-5-12-27(19-21)32(26-10-3-2-4-11-26)31-20-25-16-15-24-14-13-22-8-6-9-23-17-18-28(25)30(24)29(22)23/h2-20H,1H3. The van der Waals surface area contributed by atoms with Crippen LogP contribution in [0.1, 0.15) is 11.1 Å². The van der Waals surface area contributed by atoms with Gasteiger partial charge in [0.25, 0.3) is 0 Å². The highest BCUT2D eigenvalue weighted by molar-refractivity contribution is 6.25. The summed E-state index contributed by atoms with van der Waals surface area (Å²) in [6.07, 6.45) is 1.99. The molecule has 0 aliphatic rings. The first kappa shape index (κ1) is 18.6. The molecular formula is C30H22N2. The summed E-state index contributed by atoms with van der Waals surface area (Å²) in [5.74, 6) is 0. The number of hydrogen-bond acceptors (Lipinski definition) is 2.